The van der Waals surface area contributed by atoms with E-state index in [2.05, 4.69) is 36.7 Å². The zero-order valence-corrected chi connectivity index (χ0v) is 12.6. The lowest BCUT2D eigenvalue weighted by Gasteiger charge is -2.29. The van der Waals surface area contributed by atoms with Crippen LogP contribution in [-0.2, 0) is 4.74 Å². The molecule has 1 aliphatic rings. The van der Waals surface area contributed by atoms with Gasteiger partial charge in [0.05, 0.1) is 12.2 Å². The summed E-state index contributed by atoms with van der Waals surface area (Å²) < 4.78 is 6.20. The summed E-state index contributed by atoms with van der Waals surface area (Å²) in [5.41, 5.74) is 0. The van der Waals surface area contributed by atoms with Crippen molar-refractivity contribution in [3.8, 4) is 0 Å². The third-order valence-electron chi connectivity index (χ3n) is 3.33. The maximum atomic E-state index is 6.20. The van der Waals surface area contributed by atoms with Gasteiger partial charge in [-0.15, -0.1) is 0 Å². The number of alkyl halides is 1. The van der Waals surface area contributed by atoms with Crippen LogP contribution in [-0.4, -0.2) is 17.0 Å². The smallest absolute Gasteiger partial charge is 0.0703 e. The van der Waals surface area contributed by atoms with Crippen LogP contribution in [0.2, 0.25) is 0 Å². The van der Waals surface area contributed by atoms with Crippen LogP contribution in [0.3, 0.4) is 0 Å². The minimum Gasteiger partial charge on any atom is -0.374 e. The highest BCUT2D eigenvalue weighted by Gasteiger charge is 2.23. The second-order valence-electron chi connectivity index (χ2n) is 5.62. The Hall–Kier alpha value is 0.440. The van der Waals surface area contributed by atoms with Crippen molar-refractivity contribution in [3.05, 3.63) is 0 Å². The van der Waals surface area contributed by atoms with Crippen LogP contribution in [0.25, 0.3) is 0 Å². The van der Waals surface area contributed by atoms with Crippen LogP contribution in [0.5, 0.6) is 0 Å². The van der Waals surface area contributed by atoms with E-state index in [9.17, 15) is 0 Å². The molecule has 0 aromatic rings. The van der Waals surface area contributed by atoms with Crippen molar-refractivity contribution in [3.63, 3.8) is 0 Å². The van der Waals surface area contributed by atoms with Gasteiger partial charge in [-0.2, -0.15) is 0 Å². The van der Waals surface area contributed by atoms with Crippen LogP contribution >= 0.6 is 15.9 Å². The van der Waals surface area contributed by atoms with Crippen LogP contribution in [0, 0.1) is 5.92 Å². The normalized spacial score (nSPS) is 29.8. The van der Waals surface area contributed by atoms with Gasteiger partial charge in [-0.3, -0.25) is 0 Å². The van der Waals surface area contributed by atoms with Gasteiger partial charge in [0.2, 0.25) is 0 Å². The van der Waals surface area contributed by atoms with Crippen molar-refractivity contribution in [2.24, 2.45) is 5.92 Å². The summed E-state index contributed by atoms with van der Waals surface area (Å²) >= 11 is 3.81. The van der Waals surface area contributed by atoms with E-state index >= 15 is 0 Å². The summed E-state index contributed by atoms with van der Waals surface area (Å²) in [6.07, 6.45) is 10.0. The van der Waals surface area contributed by atoms with Crippen LogP contribution < -0.4 is 0 Å². The average molecular weight is 291 g/mol. The molecule has 1 fully saturated rings. The van der Waals surface area contributed by atoms with Crippen molar-refractivity contribution in [2.45, 2.75) is 82.8 Å². The molecule has 0 radical (unpaired) electrons. The van der Waals surface area contributed by atoms with Gasteiger partial charge in [0.25, 0.3) is 0 Å². The molecule has 0 N–H and O–H groups in total. The van der Waals surface area contributed by atoms with Crippen molar-refractivity contribution in [1.82, 2.24) is 0 Å². The van der Waals surface area contributed by atoms with E-state index in [4.69, 9.17) is 4.74 Å². The molecule has 0 spiro atoms. The Kier molecular flexibility index (Phi) is 6.98. The Morgan fingerprint density at radius 2 is 1.69 bits per heavy atom. The Labute approximate surface area is 109 Å². The minimum atomic E-state index is 0.407. The zero-order chi connectivity index (χ0) is 12.0. The third kappa shape index (κ3) is 5.67. The van der Waals surface area contributed by atoms with E-state index in [1.807, 2.05) is 0 Å². The first-order chi connectivity index (χ1) is 7.59. The number of halogens is 1. The maximum absolute atomic E-state index is 6.20. The first kappa shape index (κ1) is 14.5. The van der Waals surface area contributed by atoms with Crippen molar-refractivity contribution in [2.75, 3.05) is 0 Å². The molecule has 0 heterocycles. The highest BCUT2D eigenvalue weighted by molar-refractivity contribution is 9.09. The molecule has 96 valence electrons. The highest BCUT2D eigenvalue weighted by Crippen LogP contribution is 2.27. The Bertz CT molecular complexity index is 182. The molecular weight excluding hydrogens is 264 g/mol. The van der Waals surface area contributed by atoms with Gasteiger partial charge in [0, 0.05) is 4.83 Å². The molecule has 1 rings (SSSR count). The lowest BCUT2D eigenvalue weighted by atomic mass is 9.98. The zero-order valence-electron chi connectivity index (χ0n) is 11.0. The molecule has 16 heavy (non-hydrogen) atoms. The Balaban J connectivity index is 2.36. The Morgan fingerprint density at radius 1 is 1.06 bits per heavy atom. The lowest BCUT2D eigenvalue weighted by Crippen LogP contribution is -2.30. The van der Waals surface area contributed by atoms with Crippen LogP contribution in [0.15, 0.2) is 0 Å². The summed E-state index contributed by atoms with van der Waals surface area (Å²) in [6, 6.07) is 0. The molecule has 3 unspecified atom stereocenters. The summed E-state index contributed by atoms with van der Waals surface area (Å²) in [4.78, 5) is 0.572. The van der Waals surface area contributed by atoms with Crippen molar-refractivity contribution < 1.29 is 4.74 Å². The molecule has 1 aliphatic carbocycles. The first-order valence-electron chi connectivity index (χ1n) is 6.89. The molecule has 1 saturated carbocycles. The van der Waals surface area contributed by atoms with Gasteiger partial charge in [-0.1, -0.05) is 55.5 Å². The fourth-order valence-electron chi connectivity index (χ4n) is 2.58. The van der Waals surface area contributed by atoms with Gasteiger partial charge in [0.1, 0.15) is 0 Å². The van der Waals surface area contributed by atoms with Crippen LogP contribution in [0.1, 0.15) is 65.7 Å². The van der Waals surface area contributed by atoms with Crippen LogP contribution in [0.4, 0.5) is 0 Å². The van der Waals surface area contributed by atoms with E-state index in [0.29, 0.717) is 17.0 Å². The standard InChI is InChI=1S/C14H27BrO/c1-11(2)10-12(3)16-14-9-7-5-4-6-8-13(14)15/h11-14H,4-10H2,1-3H3. The van der Waals surface area contributed by atoms with Gasteiger partial charge in [-0.25, -0.2) is 0 Å². The number of hydrogen-bond acceptors (Lipinski definition) is 1. The number of ether oxygens (including phenoxy) is 1. The fourth-order valence-corrected chi connectivity index (χ4v) is 3.29. The van der Waals surface area contributed by atoms with Gasteiger partial charge in [0.15, 0.2) is 0 Å². The van der Waals surface area contributed by atoms with E-state index in [-0.39, 0.29) is 0 Å². The van der Waals surface area contributed by atoms with Gasteiger partial charge in [-0.05, 0) is 32.1 Å². The SMILES string of the molecule is CC(C)CC(C)OC1CCCCCCC1Br. The quantitative estimate of drug-likeness (QED) is 0.668. The second kappa shape index (κ2) is 7.71. The maximum Gasteiger partial charge on any atom is 0.0703 e. The minimum absolute atomic E-state index is 0.407. The largest absolute Gasteiger partial charge is 0.374 e. The molecule has 0 amide bonds. The first-order valence-corrected chi connectivity index (χ1v) is 7.80. The van der Waals surface area contributed by atoms with E-state index in [1.54, 1.807) is 0 Å². The second-order valence-corrected chi connectivity index (χ2v) is 6.80. The van der Waals surface area contributed by atoms with Gasteiger partial charge < -0.3 is 4.74 Å². The monoisotopic (exact) mass is 290 g/mol. The summed E-state index contributed by atoms with van der Waals surface area (Å²) in [6.45, 7) is 6.76. The third-order valence-corrected chi connectivity index (χ3v) is 4.38. The Morgan fingerprint density at radius 3 is 2.31 bits per heavy atom. The van der Waals surface area contributed by atoms with E-state index < -0.39 is 0 Å². The lowest BCUT2D eigenvalue weighted by molar-refractivity contribution is -0.0195. The molecule has 0 aromatic heterocycles. The van der Waals surface area contributed by atoms with Crippen molar-refractivity contribution >= 4 is 15.9 Å². The van der Waals surface area contributed by atoms with Crippen molar-refractivity contribution in [1.29, 1.82) is 0 Å². The predicted molar refractivity (Wildman–Crippen MR) is 74.2 cm³/mol. The summed E-state index contributed by atoms with van der Waals surface area (Å²) in [5.74, 6) is 0.734. The summed E-state index contributed by atoms with van der Waals surface area (Å²) in [7, 11) is 0. The molecule has 0 aliphatic heterocycles. The summed E-state index contributed by atoms with van der Waals surface area (Å²) in [5, 5.41) is 0. The fraction of sp³-hybridized carbons (Fsp3) is 1.00. The van der Waals surface area contributed by atoms with Gasteiger partial charge >= 0.3 is 0 Å². The molecule has 1 nitrogen and oxygen atoms in total. The molecule has 0 bridgehead atoms. The highest BCUT2D eigenvalue weighted by atomic mass is 79.9. The molecule has 0 aromatic carbocycles. The molecule has 3 atom stereocenters. The molecule has 0 saturated heterocycles. The average Bonchev–Trinajstić information content (AvgIpc) is 2.16. The molecular formula is C14H27BrO. The number of hydrogen-bond donors (Lipinski definition) is 0. The predicted octanol–water partition coefficient (Wildman–Crippen LogP) is 4.92. The van der Waals surface area contributed by atoms with E-state index in [1.165, 1.54) is 44.9 Å². The number of rotatable bonds is 4. The molecule has 2 heteroatoms. The topological polar surface area (TPSA) is 9.23 Å². The van der Waals surface area contributed by atoms with E-state index in [0.717, 1.165) is 5.92 Å².